The fourth-order valence-electron chi connectivity index (χ4n) is 1.84. The average Bonchev–Trinajstić information content (AvgIpc) is 2.52. The van der Waals surface area contributed by atoms with Crippen LogP contribution in [0, 0.1) is 13.8 Å². The normalized spacial score (nSPS) is 9.91. The van der Waals surface area contributed by atoms with E-state index in [4.69, 9.17) is 4.74 Å². The molecule has 0 radical (unpaired) electrons. The number of nitrogens with zero attached hydrogens (tertiary/aromatic N) is 1. The van der Waals surface area contributed by atoms with Crippen molar-refractivity contribution in [2.75, 3.05) is 6.61 Å². The van der Waals surface area contributed by atoms with Crippen molar-refractivity contribution in [2.45, 2.75) is 13.8 Å². The molecule has 2 rings (SSSR count). The Balaban J connectivity index is 1.80. The van der Waals surface area contributed by atoms with Crippen LogP contribution in [0.5, 0.6) is 5.75 Å². The number of carbonyl (C=O) groups is 2. The van der Waals surface area contributed by atoms with Gasteiger partial charge in [0, 0.05) is 12.4 Å². The monoisotopic (exact) mass is 299 g/mol. The van der Waals surface area contributed by atoms with E-state index in [0.717, 1.165) is 11.1 Å². The van der Waals surface area contributed by atoms with Crippen LogP contribution in [0.3, 0.4) is 0 Å². The number of hydrogen-bond donors (Lipinski definition) is 2. The Kier molecular flexibility index (Phi) is 5.08. The molecule has 22 heavy (non-hydrogen) atoms. The molecule has 2 amide bonds. The summed E-state index contributed by atoms with van der Waals surface area (Å²) in [5.74, 6) is -0.246. The number of benzene rings is 1. The van der Waals surface area contributed by atoms with Crippen LogP contribution < -0.4 is 15.6 Å². The van der Waals surface area contributed by atoms with Crippen molar-refractivity contribution in [3.05, 3.63) is 59.4 Å². The largest absolute Gasteiger partial charge is 0.483 e. The quantitative estimate of drug-likeness (QED) is 0.839. The van der Waals surface area contributed by atoms with Gasteiger partial charge < -0.3 is 4.74 Å². The number of ether oxygens (including phenoxy) is 1. The summed E-state index contributed by atoms with van der Waals surface area (Å²) in [7, 11) is 0. The van der Waals surface area contributed by atoms with Crippen molar-refractivity contribution in [3.8, 4) is 5.75 Å². The minimum atomic E-state index is -0.447. The first-order valence-electron chi connectivity index (χ1n) is 6.75. The van der Waals surface area contributed by atoms with Crippen LogP contribution in [0.4, 0.5) is 0 Å². The van der Waals surface area contributed by atoms with E-state index in [-0.39, 0.29) is 6.61 Å². The van der Waals surface area contributed by atoms with E-state index in [1.54, 1.807) is 18.3 Å². The third-order valence-electron chi connectivity index (χ3n) is 2.93. The summed E-state index contributed by atoms with van der Waals surface area (Å²) in [6, 6.07) is 8.93. The molecule has 0 saturated carbocycles. The maximum Gasteiger partial charge on any atom is 0.276 e. The predicted molar refractivity (Wildman–Crippen MR) is 81.3 cm³/mol. The number of carbonyl (C=O) groups excluding carboxylic acids is 2. The van der Waals surface area contributed by atoms with E-state index in [9.17, 15) is 9.59 Å². The average molecular weight is 299 g/mol. The smallest absolute Gasteiger partial charge is 0.276 e. The zero-order chi connectivity index (χ0) is 15.9. The predicted octanol–water partition coefficient (Wildman–Crippen LogP) is 1.54. The Morgan fingerprint density at radius 2 is 2.00 bits per heavy atom. The number of aryl methyl sites for hydroxylation is 2. The molecule has 1 heterocycles. The molecular formula is C16H17N3O3. The molecule has 1 aromatic heterocycles. The number of amides is 2. The highest BCUT2D eigenvalue weighted by molar-refractivity contribution is 5.95. The number of rotatable bonds is 4. The van der Waals surface area contributed by atoms with Gasteiger partial charge in [-0.1, -0.05) is 17.7 Å². The summed E-state index contributed by atoms with van der Waals surface area (Å²) >= 11 is 0. The molecule has 1 aromatic carbocycles. The molecule has 0 aliphatic rings. The first-order chi connectivity index (χ1) is 10.6. The number of hydrogen-bond acceptors (Lipinski definition) is 4. The molecule has 0 bridgehead atoms. The molecule has 114 valence electrons. The number of hydrazine groups is 1. The molecule has 6 heteroatoms. The van der Waals surface area contributed by atoms with E-state index < -0.39 is 11.8 Å². The van der Waals surface area contributed by atoms with Gasteiger partial charge in [0.1, 0.15) is 5.75 Å². The van der Waals surface area contributed by atoms with Gasteiger partial charge in [0.2, 0.25) is 0 Å². The molecule has 0 unspecified atom stereocenters. The summed E-state index contributed by atoms with van der Waals surface area (Å²) in [6.45, 7) is 3.71. The summed E-state index contributed by atoms with van der Waals surface area (Å²) in [4.78, 5) is 27.2. The zero-order valence-corrected chi connectivity index (χ0v) is 12.4. The summed E-state index contributed by atoms with van der Waals surface area (Å²) in [6.07, 6.45) is 2.97. The van der Waals surface area contributed by atoms with Crippen molar-refractivity contribution in [2.24, 2.45) is 0 Å². The van der Waals surface area contributed by atoms with Gasteiger partial charge in [0.05, 0.1) is 5.56 Å². The fraction of sp³-hybridized carbons (Fsp3) is 0.188. The third kappa shape index (κ3) is 4.31. The SMILES string of the molecule is Cc1ccc(OCC(=O)NNC(=O)c2cccnc2)c(C)c1. The maximum atomic E-state index is 11.7. The molecule has 0 aliphatic heterocycles. The van der Waals surface area contributed by atoms with Gasteiger partial charge in [0.25, 0.3) is 11.8 Å². The summed E-state index contributed by atoms with van der Waals surface area (Å²) in [5, 5.41) is 0. The van der Waals surface area contributed by atoms with Crippen LogP contribution in [-0.2, 0) is 4.79 Å². The van der Waals surface area contributed by atoms with Crippen LogP contribution in [0.1, 0.15) is 21.5 Å². The highest BCUT2D eigenvalue weighted by atomic mass is 16.5. The van der Waals surface area contributed by atoms with Gasteiger partial charge in [-0.05, 0) is 37.6 Å². The highest BCUT2D eigenvalue weighted by Gasteiger charge is 2.08. The third-order valence-corrected chi connectivity index (χ3v) is 2.93. The van der Waals surface area contributed by atoms with Gasteiger partial charge >= 0.3 is 0 Å². The second kappa shape index (κ2) is 7.21. The van der Waals surface area contributed by atoms with E-state index >= 15 is 0 Å². The van der Waals surface area contributed by atoms with Crippen LogP contribution in [-0.4, -0.2) is 23.4 Å². The molecule has 0 aliphatic carbocycles. The lowest BCUT2D eigenvalue weighted by Crippen LogP contribution is -2.43. The van der Waals surface area contributed by atoms with Gasteiger partial charge in [-0.2, -0.15) is 0 Å². The first-order valence-corrected chi connectivity index (χ1v) is 6.75. The standard InChI is InChI=1S/C16H17N3O3/c1-11-5-6-14(12(2)8-11)22-10-15(20)18-19-16(21)13-4-3-7-17-9-13/h3-9H,10H2,1-2H3,(H,18,20)(H,19,21). The Bertz CT molecular complexity index is 672. The number of nitrogens with one attached hydrogen (secondary N) is 2. The lowest BCUT2D eigenvalue weighted by Gasteiger charge is -2.10. The van der Waals surface area contributed by atoms with Crippen molar-refractivity contribution in [1.29, 1.82) is 0 Å². The number of pyridine rings is 1. The Labute approximate surface area is 128 Å². The highest BCUT2D eigenvalue weighted by Crippen LogP contribution is 2.18. The Morgan fingerprint density at radius 1 is 1.18 bits per heavy atom. The molecular weight excluding hydrogens is 282 g/mol. The van der Waals surface area contributed by atoms with E-state index in [2.05, 4.69) is 15.8 Å². The number of aromatic nitrogens is 1. The summed E-state index contributed by atoms with van der Waals surface area (Å²) in [5.41, 5.74) is 7.02. The van der Waals surface area contributed by atoms with E-state index in [1.807, 2.05) is 32.0 Å². The van der Waals surface area contributed by atoms with Gasteiger partial charge in [-0.25, -0.2) is 0 Å². The Morgan fingerprint density at radius 3 is 2.68 bits per heavy atom. The van der Waals surface area contributed by atoms with Crippen LogP contribution in [0.25, 0.3) is 0 Å². The van der Waals surface area contributed by atoms with Crippen molar-refractivity contribution in [3.63, 3.8) is 0 Å². The molecule has 2 aromatic rings. The van der Waals surface area contributed by atoms with E-state index in [1.165, 1.54) is 6.20 Å². The second-order valence-corrected chi connectivity index (χ2v) is 4.80. The van der Waals surface area contributed by atoms with E-state index in [0.29, 0.717) is 11.3 Å². The molecule has 0 spiro atoms. The second-order valence-electron chi connectivity index (χ2n) is 4.80. The summed E-state index contributed by atoms with van der Waals surface area (Å²) < 4.78 is 5.42. The van der Waals surface area contributed by atoms with Crippen molar-refractivity contribution < 1.29 is 14.3 Å². The van der Waals surface area contributed by atoms with Crippen LogP contribution in [0.15, 0.2) is 42.7 Å². The van der Waals surface area contributed by atoms with Crippen LogP contribution in [0.2, 0.25) is 0 Å². The van der Waals surface area contributed by atoms with Gasteiger partial charge in [0.15, 0.2) is 6.61 Å². The fourth-order valence-corrected chi connectivity index (χ4v) is 1.84. The molecule has 2 N–H and O–H groups in total. The zero-order valence-electron chi connectivity index (χ0n) is 12.4. The van der Waals surface area contributed by atoms with Crippen LogP contribution >= 0.6 is 0 Å². The molecule has 0 saturated heterocycles. The van der Waals surface area contributed by atoms with Gasteiger partial charge in [-0.3, -0.25) is 25.4 Å². The minimum Gasteiger partial charge on any atom is -0.483 e. The lowest BCUT2D eigenvalue weighted by molar-refractivity contribution is -0.123. The van der Waals surface area contributed by atoms with Crippen molar-refractivity contribution >= 4 is 11.8 Å². The molecule has 0 atom stereocenters. The Hall–Kier alpha value is -2.89. The molecule has 0 fully saturated rings. The maximum absolute atomic E-state index is 11.7. The van der Waals surface area contributed by atoms with Crippen molar-refractivity contribution in [1.82, 2.24) is 15.8 Å². The first kappa shape index (κ1) is 15.5. The minimum absolute atomic E-state index is 0.183. The topological polar surface area (TPSA) is 80.3 Å². The molecule has 6 nitrogen and oxygen atoms in total. The van der Waals surface area contributed by atoms with Gasteiger partial charge in [-0.15, -0.1) is 0 Å². The lowest BCUT2D eigenvalue weighted by atomic mass is 10.1.